The summed E-state index contributed by atoms with van der Waals surface area (Å²) < 4.78 is 5.15. The van der Waals surface area contributed by atoms with Crippen molar-refractivity contribution in [3.63, 3.8) is 0 Å². The molecule has 0 bridgehead atoms. The summed E-state index contributed by atoms with van der Waals surface area (Å²) in [5.74, 6) is 1.60. The van der Waals surface area contributed by atoms with Crippen LogP contribution in [0, 0.1) is 0 Å². The molecule has 0 spiro atoms. The first-order valence-electron chi connectivity index (χ1n) is 13.4. The van der Waals surface area contributed by atoms with Crippen LogP contribution in [0.25, 0.3) is 0 Å². The number of unbranched alkanes of at least 4 members (excludes halogenated alkanes) is 15. The van der Waals surface area contributed by atoms with Gasteiger partial charge in [-0.1, -0.05) is 104 Å². The molecular formula is C27H53N2+. The Bertz CT molecular complexity index is 463. The smallest absolute Gasteiger partial charge is 0.234 e. The molecule has 0 aromatic carbocycles. The van der Waals surface area contributed by atoms with E-state index in [9.17, 15) is 0 Å². The van der Waals surface area contributed by atoms with E-state index in [4.69, 9.17) is 0 Å². The quantitative estimate of drug-likeness (QED) is 0.143. The zero-order valence-electron chi connectivity index (χ0n) is 20.4. The summed E-state index contributed by atoms with van der Waals surface area (Å²) in [5, 5.41) is 0. The number of hydrogen-bond donors (Lipinski definition) is 0. The zero-order chi connectivity index (χ0) is 21.0. The van der Waals surface area contributed by atoms with Gasteiger partial charge in [0, 0.05) is 6.42 Å². The first-order valence-corrected chi connectivity index (χ1v) is 13.4. The lowest BCUT2D eigenvalue weighted by Gasteiger charge is -2.06. The minimum absolute atomic E-state index is 1.21. The van der Waals surface area contributed by atoms with Crippen LogP contribution in [0.4, 0.5) is 0 Å². The Kier molecular flexibility index (Phi) is 17.4. The zero-order valence-corrected chi connectivity index (χ0v) is 20.4. The van der Waals surface area contributed by atoms with Crippen LogP contribution in [0.15, 0.2) is 12.4 Å². The van der Waals surface area contributed by atoms with Gasteiger partial charge in [0.25, 0.3) is 5.82 Å². The Morgan fingerprint density at radius 2 is 1.07 bits per heavy atom. The predicted octanol–water partition coefficient (Wildman–Crippen LogP) is 8.40. The van der Waals surface area contributed by atoms with Crippen molar-refractivity contribution < 1.29 is 4.57 Å². The van der Waals surface area contributed by atoms with Crippen molar-refractivity contribution in [1.29, 1.82) is 0 Å². The minimum Gasteiger partial charge on any atom is -0.234 e. The first-order chi connectivity index (χ1) is 14.3. The Morgan fingerprint density at radius 1 is 0.586 bits per heavy atom. The molecule has 1 heterocycles. The molecule has 0 fully saturated rings. The lowest BCUT2D eigenvalue weighted by molar-refractivity contribution is -0.704. The predicted molar refractivity (Wildman–Crippen MR) is 128 cm³/mol. The highest BCUT2D eigenvalue weighted by molar-refractivity contribution is 4.84. The second kappa shape index (κ2) is 19.2. The van der Waals surface area contributed by atoms with Crippen molar-refractivity contribution >= 4 is 0 Å². The summed E-state index contributed by atoms with van der Waals surface area (Å²) in [4.78, 5) is 0. The highest BCUT2D eigenvalue weighted by Gasteiger charge is 2.16. The van der Waals surface area contributed by atoms with Crippen LogP contribution in [0.3, 0.4) is 0 Å². The number of hydrogen-bond acceptors (Lipinski definition) is 0. The van der Waals surface area contributed by atoms with Crippen LogP contribution in [0.5, 0.6) is 0 Å². The summed E-state index contributed by atoms with van der Waals surface area (Å²) in [6.07, 6.45) is 31.1. The summed E-state index contributed by atoms with van der Waals surface area (Å²) >= 11 is 0. The number of aromatic nitrogens is 2. The molecule has 0 amide bonds. The van der Waals surface area contributed by atoms with Crippen molar-refractivity contribution in [3.8, 4) is 0 Å². The molecule has 2 nitrogen and oxygen atoms in total. The van der Waals surface area contributed by atoms with Crippen molar-refractivity contribution in [2.75, 3.05) is 0 Å². The highest BCUT2D eigenvalue weighted by atomic mass is 15.1. The van der Waals surface area contributed by atoms with Crippen molar-refractivity contribution in [2.24, 2.45) is 0 Å². The van der Waals surface area contributed by atoms with Crippen LogP contribution in [-0.2, 0) is 19.5 Å². The normalized spacial score (nSPS) is 11.4. The summed E-state index contributed by atoms with van der Waals surface area (Å²) in [6.45, 7) is 9.34. The molecule has 0 radical (unpaired) electrons. The van der Waals surface area contributed by atoms with Gasteiger partial charge in [0.1, 0.15) is 12.4 Å². The molecule has 1 rings (SSSR count). The Hall–Kier alpha value is -0.790. The third-order valence-corrected chi connectivity index (χ3v) is 6.35. The monoisotopic (exact) mass is 405 g/mol. The fourth-order valence-electron chi connectivity index (χ4n) is 4.38. The number of rotatable bonds is 21. The average Bonchev–Trinajstić information content (AvgIpc) is 3.11. The topological polar surface area (TPSA) is 8.81 Å². The average molecular weight is 406 g/mol. The second-order valence-corrected chi connectivity index (χ2v) is 9.15. The SMILES string of the molecule is CCCCCCCCCCn1cc[n+](CCCCC)c1CCCCCCCCC. The van der Waals surface area contributed by atoms with E-state index < -0.39 is 0 Å². The lowest BCUT2D eigenvalue weighted by Crippen LogP contribution is -2.37. The summed E-state index contributed by atoms with van der Waals surface area (Å²) in [7, 11) is 0. The Balaban J connectivity index is 2.36. The van der Waals surface area contributed by atoms with E-state index in [1.165, 1.54) is 135 Å². The standard InChI is InChI=1S/C27H53N2/c1-4-7-10-12-14-16-18-21-24-29-26-25-28(23-20-9-6-3)27(29)22-19-17-15-13-11-8-5-2/h25-26H,4-24H2,1-3H3/q+1. The molecule has 0 aliphatic rings. The van der Waals surface area contributed by atoms with Gasteiger partial charge in [0.05, 0.1) is 13.1 Å². The molecule has 170 valence electrons. The molecule has 1 aromatic rings. The first kappa shape index (κ1) is 26.2. The molecular weight excluding hydrogens is 352 g/mol. The molecule has 29 heavy (non-hydrogen) atoms. The highest BCUT2D eigenvalue weighted by Crippen LogP contribution is 2.12. The lowest BCUT2D eigenvalue weighted by atomic mass is 10.1. The van der Waals surface area contributed by atoms with Crippen LogP contribution in [-0.4, -0.2) is 4.57 Å². The van der Waals surface area contributed by atoms with Crippen molar-refractivity contribution in [1.82, 2.24) is 4.57 Å². The maximum Gasteiger partial charge on any atom is 0.256 e. The molecule has 2 heteroatoms. The van der Waals surface area contributed by atoms with E-state index in [2.05, 4.69) is 42.3 Å². The van der Waals surface area contributed by atoms with Gasteiger partial charge < -0.3 is 0 Å². The van der Waals surface area contributed by atoms with Gasteiger partial charge in [-0.15, -0.1) is 0 Å². The van der Waals surface area contributed by atoms with Gasteiger partial charge >= 0.3 is 0 Å². The maximum atomic E-state index is 2.58. The van der Waals surface area contributed by atoms with E-state index in [0.717, 1.165) is 0 Å². The van der Waals surface area contributed by atoms with Gasteiger partial charge in [0.15, 0.2) is 0 Å². The van der Waals surface area contributed by atoms with Crippen LogP contribution in [0.2, 0.25) is 0 Å². The number of nitrogens with zero attached hydrogens (tertiary/aromatic N) is 2. The maximum absolute atomic E-state index is 2.58. The molecule has 0 N–H and O–H groups in total. The van der Waals surface area contributed by atoms with Crippen LogP contribution < -0.4 is 4.57 Å². The fourth-order valence-corrected chi connectivity index (χ4v) is 4.38. The van der Waals surface area contributed by atoms with Crippen molar-refractivity contribution in [2.45, 2.75) is 156 Å². The van der Waals surface area contributed by atoms with E-state index in [-0.39, 0.29) is 0 Å². The second-order valence-electron chi connectivity index (χ2n) is 9.15. The van der Waals surface area contributed by atoms with Gasteiger partial charge in [-0.3, -0.25) is 0 Å². The van der Waals surface area contributed by atoms with Gasteiger partial charge in [-0.05, 0) is 32.1 Å². The molecule has 1 aromatic heterocycles. The van der Waals surface area contributed by atoms with E-state index >= 15 is 0 Å². The summed E-state index contributed by atoms with van der Waals surface area (Å²) in [6, 6.07) is 0. The fraction of sp³-hybridized carbons (Fsp3) is 0.889. The Morgan fingerprint density at radius 3 is 1.66 bits per heavy atom. The van der Waals surface area contributed by atoms with Gasteiger partial charge in [0.2, 0.25) is 0 Å². The summed E-state index contributed by atoms with van der Waals surface area (Å²) in [5.41, 5.74) is 0. The third kappa shape index (κ3) is 13.2. The largest absolute Gasteiger partial charge is 0.256 e. The van der Waals surface area contributed by atoms with Crippen molar-refractivity contribution in [3.05, 3.63) is 18.2 Å². The molecule has 0 unspecified atom stereocenters. The Labute approximate surface area is 183 Å². The molecule has 0 atom stereocenters. The van der Waals surface area contributed by atoms with E-state index in [1.54, 1.807) is 5.82 Å². The molecule has 0 aliphatic carbocycles. The van der Waals surface area contributed by atoms with Crippen LogP contribution in [0.1, 0.15) is 142 Å². The van der Waals surface area contributed by atoms with Crippen LogP contribution >= 0.6 is 0 Å². The van der Waals surface area contributed by atoms with Gasteiger partial charge in [-0.25, -0.2) is 9.13 Å². The minimum atomic E-state index is 1.21. The molecule has 0 aliphatic heterocycles. The van der Waals surface area contributed by atoms with E-state index in [0.29, 0.717) is 0 Å². The number of imidazole rings is 1. The van der Waals surface area contributed by atoms with Gasteiger partial charge in [-0.2, -0.15) is 0 Å². The van der Waals surface area contributed by atoms with E-state index in [1.807, 2.05) is 0 Å². The number of aryl methyl sites for hydroxylation is 2. The third-order valence-electron chi connectivity index (χ3n) is 6.35. The molecule has 0 saturated carbocycles. The molecule has 0 saturated heterocycles.